The van der Waals surface area contributed by atoms with E-state index in [0.29, 0.717) is 16.3 Å². The maximum Gasteiger partial charge on any atom is 0.261 e. The van der Waals surface area contributed by atoms with Gasteiger partial charge in [0.15, 0.2) is 0 Å². The van der Waals surface area contributed by atoms with Crippen molar-refractivity contribution in [3.05, 3.63) is 88.4 Å². The number of para-hydroxylation sites is 1. The third-order valence-electron chi connectivity index (χ3n) is 4.50. The summed E-state index contributed by atoms with van der Waals surface area (Å²) < 4.78 is 27.4. The van der Waals surface area contributed by atoms with Crippen LogP contribution < -0.4 is 10.0 Å². The Hall–Kier alpha value is -2.83. The molecule has 0 fully saturated rings. The first-order valence-electron chi connectivity index (χ1n) is 9.08. The molecule has 3 rings (SSSR count). The van der Waals surface area contributed by atoms with Gasteiger partial charge in [-0.3, -0.25) is 9.52 Å². The van der Waals surface area contributed by atoms with Crippen LogP contribution in [0.2, 0.25) is 5.02 Å². The molecule has 0 aliphatic rings. The molecule has 3 aromatic rings. The van der Waals surface area contributed by atoms with E-state index in [9.17, 15) is 13.2 Å². The van der Waals surface area contributed by atoms with Crippen LogP contribution in [0.15, 0.2) is 71.6 Å². The third-order valence-corrected chi connectivity index (χ3v) is 6.15. The molecule has 0 radical (unpaired) electrons. The predicted octanol–water partition coefficient (Wildman–Crippen LogP) is 5.26. The first-order valence-corrected chi connectivity index (χ1v) is 10.9. The highest BCUT2D eigenvalue weighted by Crippen LogP contribution is 2.23. The van der Waals surface area contributed by atoms with E-state index in [-0.39, 0.29) is 10.8 Å². The maximum absolute atomic E-state index is 12.6. The summed E-state index contributed by atoms with van der Waals surface area (Å²) in [5.41, 5.74) is 3.66. The van der Waals surface area contributed by atoms with Crippen molar-refractivity contribution in [2.75, 3.05) is 10.0 Å². The number of halogens is 1. The van der Waals surface area contributed by atoms with Crippen LogP contribution in [0, 0.1) is 6.92 Å². The second kappa shape index (κ2) is 8.68. The molecule has 150 valence electrons. The fourth-order valence-electron chi connectivity index (χ4n) is 2.91. The lowest BCUT2D eigenvalue weighted by Gasteiger charge is -2.13. The second-order valence-electron chi connectivity index (χ2n) is 6.55. The van der Waals surface area contributed by atoms with Crippen molar-refractivity contribution in [3.8, 4) is 0 Å². The SMILES string of the molecule is CCc1cccc(C)c1NC(=O)c1ccc(NS(=O)(=O)c2ccc(Cl)cc2)cc1. The number of nitrogens with one attached hydrogen (secondary N) is 2. The lowest BCUT2D eigenvalue weighted by molar-refractivity contribution is 0.102. The Morgan fingerprint density at radius 1 is 0.966 bits per heavy atom. The minimum Gasteiger partial charge on any atom is -0.321 e. The monoisotopic (exact) mass is 428 g/mol. The normalized spacial score (nSPS) is 11.1. The number of anilines is 2. The quantitative estimate of drug-likeness (QED) is 0.562. The van der Waals surface area contributed by atoms with Crippen molar-refractivity contribution in [3.63, 3.8) is 0 Å². The van der Waals surface area contributed by atoms with Gasteiger partial charge in [0.1, 0.15) is 0 Å². The highest BCUT2D eigenvalue weighted by atomic mass is 35.5. The highest BCUT2D eigenvalue weighted by molar-refractivity contribution is 7.92. The number of rotatable bonds is 6. The van der Waals surface area contributed by atoms with Crippen LogP contribution in [0.1, 0.15) is 28.4 Å². The Bertz CT molecular complexity index is 1130. The number of sulfonamides is 1. The number of hydrogen-bond acceptors (Lipinski definition) is 3. The number of amides is 1. The highest BCUT2D eigenvalue weighted by Gasteiger charge is 2.15. The van der Waals surface area contributed by atoms with Gasteiger partial charge in [-0.05, 0) is 73.0 Å². The largest absolute Gasteiger partial charge is 0.321 e. The van der Waals surface area contributed by atoms with Crippen LogP contribution >= 0.6 is 11.6 Å². The van der Waals surface area contributed by atoms with Gasteiger partial charge in [-0.25, -0.2) is 8.42 Å². The number of hydrogen-bond donors (Lipinski definition) is 2. The Kier molecular flexibility index (Phi) is 6.25. The van der Waals surface area contributed by atoms with Crippen molar-refractivity contribution in [1.29, 1.82) is 0 Å². The summed E-state index contributed by atoms with van der Waals surface area (Å²) in [6.07, 6.45) is 0.808. The Labute approximate surface area is 175 Å². The van der Waals surface area contributed by atoms with Crippen LogP contribution in [-0.4, -0.2) is 14.3 Å². The molecule has 0 spiro atoms. The molecule has 0 atom stereocenters. The molecule has 29 heavy (non-hydrogen) atoms. The van der Waals surface area contributed by atoms with Gasteiger partial charge in [0.2, 0.25) is 0 Å². The van der Waals surface area contributed by atoms with E-state index < -0.39 is 10.0 Å². The smallest absolute Gasteiger partial charge is 0.261 e. The maximum atomic E-state index is 12.6. The summed E-state index contributed by atoms with van der Waals surface area (Å²) >= 11 is 5.80. The van der Waals surface area contributed by atoms with Crippen LogP contribution in [-0.2, 0) is 16.4 Å². The number of carbonyl (C=O) groups excluding carboxylic acids is 1. The summed E-state index contributed by atoms with van der Waals surface area (Å²) in [6.45, 7) is 3.98. The fourth-order valence-corrected chi connectivity index (χ4v) is 4.09. The van der Waals surface area contributed by atoms with Gasteiger partial charge in [0.05, 0.1) is 4.90 Å². The van der Waals surface area contributed by atoms with E-state index in [0.717, 1.165) is 23.2 Å². The van der Waals surface area contributed by atoms with E-state index in [1.165, 1.54) is 24.3 Å². The number of benzene rings is 3. The first kappa shape index (κ1) is 20.9. The molecule has 0 aliphatic heterocycles. The standard InChI is InChI=1S/C22H21ClN2O3S/c1-3-16-6-4-5-15(2)21(16)24-22(26)17-7-11-19(12-8-17)25-29(27,28)20-13-9-18(23)10-14-20/h4-14,25H,3H2,1-2H3,(H,24,26). The minimum atomic E-state index is -3.74. The van der Waals surface area contributed by atoms with Crippen molar-refractivity contribution in [1.82, 2.24) is 0 Å². The third kappa shape index (κ3) is 4.96. The second-order valence-corrected chi connectivity index (χ2v) is 8.67. The van der Waals surface area contributed by atoms with Crippen molar-refractivity contribution in [2.24, 2.45) is 0 Å². The van der Waals surface area contributed by atoms with Gasteiger partial charge >= 0.3 is 0 Å². The summed E-state index contributed by atoms with van der Waals surface area (Å²) in [5.74, 6) is -0.249. The summed E-state index contributed by atoms with van der Waals surface area (Å²) in [4.78, 5) is 12.7. The van der Waals surface area contributed by atoms with E-state index in [4.69, 9.17) is 11.6 Å². The van der Waals surface area contributed by atoms with Crippen LogP contribution in [0.25, 0.3) is 0 Å². The molecule has 0 aliphatic carbocycles. The lowest BCUT2D eigenvalue weighted by atomic mass is 10.1. The zero-order valence-electron chi connectivity index (χ0n) is 16.1. The van der Waals surface area contributed by atoms with E-state index in [1.54, 1.807) is 24.3 Å². The topological polar surface area (TPSA) is 75.3 Å². The Morgan fingerprint density at radius 2 is 1.62 bits per heavy atom. The lowest BCUT2D eigenvalue weighted by Crippen LogP contribution is -2.15. The van der Waals surface area contributed by atoms with E-state index in [2.05, 4.69) is 10.0 Å². The molecule has 3 aromatic carbocycles. The summed E-state index contributed by atoms with van der Waals surface area (Å²) in [5, 5.41) is 3.41. The average Bonchev–Trinajstić information content (AvgIpc) is 2.70. The summed E-state index contributed by atoms with van der Waals surface area (Å²) in [6, 6.07) is 18.1. The average molecular weight is 429 g/mol. The molecule has 0 aromatic heterocycles. The molecular weight excluding hydrogens is 408 g/mol. The van der Waals surface area contributed by atoms with Crippen molar-refractivity contribution in [2.45, 2.75) is 25.2 Å². The Morgan fingerprint density at radius 3 is 2.24 bits per heavy atom. The summed E-state index contributed by atoms with van der Waals surface area (Å²) in [7, 11) is -3.74. The molecule has 2 N–H and O–H groups in total. The first-order chi connectivity index (χ1) is 13.8. The number of aryl methyl sites for hydroxylation is 2. The molecule has 7 heteroatoms. The van der Waals surface area contributed by atoms with Gasteiger partial charge in [-0.1, -0.05) is 36.7 Å². The molecular formula is C22H21ClN2O3S. The van der Waals surface area contributed by atoms with Crippen LogP contribution in [0.3, 0.4) is 0 Å². The van der Waals surface area contributed by atoms with Gasteiger partial charge in [-0.15, -0.1) is 0 Å². The molecule has 0 heterocycles. The Balaban J connectivity index is 1.75. The predicted molar refractivity (Wildman–Crippen MR) is 117 cm³/mol. The van der Waals surface area contributed by atoms with E-state index in [1.807, 2.05) is 32.0 Å². The van der Waals surface area contributed by atoms with Gasteiger partial charge in [0, 0.05) is 22.0 Å². The van der Waals surface area contributed by atoms with Crippen LogP contribution in [0.4, 0.5) is 11.4 Å². The van der Waals surface area contributed by atoms with E-state index >= 15 is 0 Å². The molecule has 0 unspecified atom stereocenters. The zero-order chi connectivity index (χ0) is 21.0. The molecule has 1 amide bonds. The molecule has 0 bridgehead atoms. The minimum absolute atomic E-state index is 0.107. The molecule has 0 saturated carbocycles. The molecule has 0 saturated heterocycles. The van der Waals surface area contributed by atoms with Crippen molar-refractivity contribution >= 4 is 38.9 Å². The van der Waals surface area contributed by atoms with Gasteiger partial charge in [0.25, 0.3) is 15.9 Å². The van der Waals surface area contributed by atoms with Crippen LogP contribution in [0.5, 0.6) is 0 Å². The molecule has 5 nitrogen and oxygen atoms in total. The number of carbonyl (C=O) groups is 1. The van der Waals surface area contributed by atoms with Gasteiger partial charge < -0.3 is 5.32 Å². The van der Waals surface area contributed by atoms with Crippen molar-refractivity contribution < 1.29 is 13.2 Å². The zero-order valence-corrected chi connectivity index (χ0v) is 17.6. The van der Waals surface area contributed by atoms with Gasteiger partial charge in [-0.2, -0.15) is 0 Å². The fraction of sp³-hybridized carbons (Fsp3) is 0.136.